The molecule has 1 aliphatic rings. The molecular formula is C19H20N4. The van der Waals surface area contributed by atoms with Crippen LogP contribution >= 0.6 is 0 Å². The number of imidazole rings is 1. The highest BCUT2D eigenvalue weighted by Gasteiger charge is 2.19. The molecule has 0 amide bonds. The zero-order valence-electron chi connectivity index (χ0n) is 13.4. The molecule has 1 saturated heterocycles. The smallest absolute Gasteiger partial charge is 0.157 e. The molecule has 0 bridgehead atoms. The first-order chi connectivity index (χ1) is 11.3. The molecule has 0 N–H and O–H groups in total. The van der Waals surface area contributed by atoms with E-state index in [4.69, 9.17) is 4.98 Å². The normalized spacial score (nSPS) is 15.7. The number of rotatable bonds is 1. The minimum Gasteiger partial charge on any atom is -0.358 e. The molecule has 0 atom stereocenters. The van der Waals surface area contributed by atoms with E-state index in [0.29, 0.717) is 5.56 Å². The summed E-state index contributed by atoms with van der Waals surface area (Å²) in [5.74, 6) is 1.17. The van der Waals surface area contributed by atoms with Crippen LogP contribution in [-0.4, -0.2) is 22.5 Å². The highest BCUT2D eigenvalue weighted by atomic mass is 15.2. The van der Waals surface area contributed by atoms with E-state index in [1.165, 1.54) is 31.5 Å². The van der Waals surface area contributed by atoms with Gasteiger partial charge in [0.1, 0.15) is 11.9 Å². The van der Waals surface area contributed by atoms with E-state index < -0.39 is 0 Å². The lowest BCUT2D eigenvalue weighted by Gasteiger charge is -2.25. The first-order valence-electron chi connectivity index (χ1n) is 8.35. The molecule has 0 saturated carbocycles. The van der Waals surface area contributed by atoms with Gasteiger partial charge >= 0.3 is 0 Å². The predicted octanol–water partition coefficient (Wildman–Crippen LogP) is 4.05. The largest absolute Gasteiger partial charge is 0.358 e. The van der Waals surface area contributed by atoms with E-state index in [2.05, 4.69) is 27.5 Å². The van der Waals surface area contributed by atoms with Gasteiger partial charge in [0.25, 0.3) is 0 Å². The fourth-order valence-corrected chi connectivity index (χ4v) is 3.60. The van der Waals surface area contributed by atoms with E-state index >= 15 is 0 Å². The Morgan fingerprint density at radius 2 is 1.83 bits per heavy atom. The molecule has 0 aliphatic carbocycles. The van der Waals surface area contributed by atoms with Crippen LogP contribution in [0.25, 0.3) is 16.7 Å². The third-order valence-corrected chi connectivity index (χ3v) is 4.80. The van der Waals surface area contributed by atoms with Crippen molar-refractivity contribution in [1.29, 1.82) is 5.26 Å². The van der Waals surface area contributed by atoms with Crippen molar-refractivity contribution in [3.05, 3.63) is 41.5 Å². The van der Waals surface area contributed by atoms with Gasteiger partial charge in [-0.2, -0.15) is 5.26 Å². The lowest BCUT2D eigenvalue weighted by molar-refractivity contribution is 0.726. The zero-order valence-corrected chi connectivity index (χ0v) is 13.4. The molecule has 1 fully saturated rings. The number of benzene rings is 1. The second-order valence-electron chi connectivity index (χ2n) is 6.33. The first kappa shape index (κ1) is 14.1. The summed E-state index contributed by atoms with van der Waals surface area (Å²) in [7, 11) is 0. The van der Waals surface area contributed by atoms with Crippen LogP contribution in [0.15, 0.2) is 30.3 Å². The lowest BCUT2D eigenvalue weighted by Crippen LogP contribution is -2.26. The molecule has 0 radical (unpaired) electrons. The van der Waals surface area contributed by atoms with Crippen molar-refractivity contribution in [1.82, 2.24) is 9.38 Å². The number of aryl methyl sites for hydroxylation is 1. The predicted molar refractivity (Wildman–Crippen MR) is 92.8 cm³/mol. The molecule has 116 valence electrons. The minimum absolute atomic E-state index is 0.680. The van der Waals surface area contributed by atoms with Gasteiger partial charge < -0.3 is 4.90 Å². The molecule has 23 heavy (non-hydrogen) atoms. The Kier molecular flexibility index (Phi) is 3.42. The highest BCUT2D eigenvalue weighted by Crippen LogP contribution is 2.29. The third kappa shape index (κ3) is 2.24. The molecule has 0 spiro atoms. The Labute approximate surface area is 136 Å². The summed E-state index contributed by atoms with van der Waals surface area (Å²) >= 11 is 0. The molecule has 4 rings (SSSR count). The van der Waals surface area contributed by atoms with Crippen molar-refractivity contribution in [2.75, 3.05) is 18.0 Å². The summed E-state index contributed by atoms with van der Waals surface area (Å²) in [5, 5.41) is 9.57. The van der Waals surface area contributed by atoms with Crippen LogP contribution in [0.2, 0.25) is 0 Å². The van der Waals surface area contributed by atoms with Gasteiger partial charge in [-0.15, -0.1) is 0 Å². The van der Waals surface area contributed by atoms with Gasteiger partial charge in [-0.3, -0.25) is 4.40 Å². The van der Waals surface area contributed by atoms with Crippen LogP contribution < -0.4 is 4.90 Å². The van der Waals surface area contributed by atoms with Crippen molar-refractivity contribution in [3.8, 4) is 6.07 Å². The number of aromatic nitrogens is 2. The SMILES string of the molecule is Cc1cc(N2CCCCCC2)n2c(nc3ccccc32)c1C#N. The third-order valence-electron chi connectivity index (χ3n) is 4.80. The van der Waals surface area contributed by atoms with Crippen molar-refractivity contribution in [3.63, 3.8) is 0 Å². The van der Waals surface area contributed by atoms with Crippen LogP contribution in [0.3, 0.4) is 0 Å². The van der Waals surface area contributed by atoms with E-state index in [-0.39, 0.29) is 0 Å². The number of nitriles is 1. The minimum atomic E-state index is 0.680. The maximum Gasteiger partial charge on any atom is 0.157 e. The highest BCUT2D eigenvalue weighted by molar-refractivity contribution is 5.85. The van der Waals surface area contributed by atoms with Crippen LogP contribution in [0.5, 0.6) is 0 Å². The standard InChI is InChI=1S/C19H20N4/c1-14-12-18(22-10-6-2-3-7-11-22)23-17-9-5-4-8-16(17)21-19(23)15(14)13-20/h4-5,8-9,12H,2-3,6-7,10-11H2,1H3. The molecule has 1 aromatic carbocycles. The summed E-state index contributed by atoms with van der Waals surface area (Å²) in [6.45, 7) is 4.17. The Morgan fingerprint density at radius 1 is 1.09 bits per heavy atom. The van der Waals surface area contributed by atoms with Gasteiger partial charge in [0.05, 0.1) is 16.6 Å². The maximum atomic E-state index is 9.57. The van der Waals surface area contributed by atoms with Crippen molar-refractivity contribution < 1.29 is 0 Å². The van der Waals surface area contributed by atoms with Crippen molar-refractivity contribution in [2.45, 2.75) is 32.6 Å². The Morgan fingerprint density at radius 3 is 2.57 bits per heavy atom. The fraction of sp³-hybridized carbons (Fsp3) is 0.368. The van der Waals surface area contributed by atoms with Crippen molar-refractivity contribution in [2.24, 2.45) is 0 Å². The van der Waals surface area contributed by atoms with E-state index in [1.54, 1.807) is 0 Å². The van der Waals surface area contributed by atoms with E-state index in [0.717, 1.165) is 35.3 Å². The van der Waals surface area contributed by atoms with Gasteiger partial charge in [0, 0.05) is 13.1 Å². The van der Waals surface area contributed by atoms with E-state index in [1.807, 2.05) is 25.1 Å². The number of fused-ring (bicyclic) bond motifs is 3. The average Bonchev–Trinajstić information content (AvgIpc) is 2.75. The molecule has 2 aromatic heterocycles. The number of pyridine rings is 1. The average molecular weight is 304 g/mol. The van der Waals surface area contributed by atoms with Crippen LogP contribution in [0.4, 0.5) is 5.82 Å². The molecule has 0 unspecified atom stereocenters. The van der Waals surface area contributed by atoms with Gasteiger partial charge in [0.15, 0.2) is 5.65 Å². The number of nitrogens with zero attached hydrogens (tertiary/aromatic N) is 4. The quantitative estimate of drug-likeness (QED) is 0.681. The fourth-order valence-electron chi connectivity index (χ4n) is 3.60. The number of hydrogen-bond donors (Lipinski definition) is 0. The molecule has 1 aliphatic heterocycles. The van der Waals surface area contributed by atoms with Gasteiger partial charge in [0.2, 0.25) is 0 Å². The second-order valence-corrected chi connectivity index (χ2v) is 6.33. The zero-order chi connectivity index (χ0) is 15.8. The van der Waals surface area contributed by atoms with Gasteiger partial charge in [-0.1, -0.05) is 25.0 Å². The molecular weight excluding hydrogens is 284 g/mol. The summed E-state index contributed by atoms with van der Waals surface area (Å²) in [4.78, 5) is 7.20. The maximum absolute atomic E-state index is 9.57. The second kappa shape index (κ2) is 5.58. The van der Waals surface area contributed by atoms with Gasteiger partial charge in [-0.05, 0) is 43.5 Å². The summed E-state index contributed by atoms with van der Waals surface area (Å²) in [6.07, 6.45) is 5.07. The van der Waals surface area contributed by atoms with Crippen LogP contribution in [0.1, 0.15) is 36.8 Å². The first-order valence-corrected chi connectivity index (χ1v) is 8.35. The number of anilines is 1. The topological polar surface area (TPSA) is 44.3 Å². The van der Waals surface area contributed by atoms with Crippen LogP contribution in [-0.2, 0) is 0 Å². The molecule has 4 nitrogen and oxygen atoms in total. The molecule has 3 aromatic rings. The van der Waals surface area contributed by atoms with Crippen LogP contribution in [0, 0.1) is 18.3 Å². The van der Waals surface area contributed by atoms with Gasteiger partial charge in [-0.25, -0.2) is 4.98 Å². The van der Waals surface area contributed by atoms with Crippen molar-refractivity contribution >= 4 is 22.5 Å². The molecule has 3 heterocycles. The Hall–Kier alpha value is -2.54. The lowest BCUT2D eigenvalue weighted by atomic mass is 10.1. The number of para-hydroxylation sites is 2. The Bertz CT molecular complexity index is 908. The Balaban J connectivity index is 2.05. The number of hydrogen-bond acceptors (Lipinski definition) is 3. The molecule has 4 heteroatoms. The summed E-state index contributed by atoms with van der Waals surface area (Å²) < 4.78 is 2.17. The monoisotopic (exact) mass is 304 g/mol. The summed E-state index contributed by atoms with van der Waals surface area (Å²) in [6, 6.07) is 12.6. The summed E-state index contributed by atoms with van der Waals surface area (Å²) in [5.41, 5.74) is 4.51. The van der Waals surface area contributed by atoms with E-state index in [9.17, 15) is 5.26 Å².